The standard InChI is InChI=1S/C13H11N3OS/c1-16(13-15-8-11(7-14)18-13)10-2-3-12-9(6-10)4-5-17-12/h2-3,6,8H,4-5H2,1H3. The van der Waals surface area contributed by atoms with Crippen molar-refractivity contribution in [3.05, 3.63) is 34.8 Å². The van der Waals surface area contributed by atoms with Crippen molar-refractivity contribution in [1.29, 1.82) is 5.26 Å². The maximum absolute atomic E-state index is 8.82. The molecule has 0 amide bonds. The second kappa shape index (κ2) is 4.31. The quantitative estimate of drug-likeness (QED) is 0.830. The number of ether oxygens (including phenoxy) is 1. The van der Waals surface area contributed by atoms with Gasteiger partial charge in [0.2, 0.25) is 0 Å². The van der Waals surface area contributed by atoms with E-state index in [2.05, 4.69) is 17.1 Å². The summed E-state index contributed by atoms with van der Waals surface area (Å²) in [7, 11) is 1.96. The number of nitriles is 1. The second-order valence-electron chi connectivity index (χ2n) is 4.07. The molecular formula is C13H11N3OS. The summed E-state index contributed by atoms with van der Waals surface area (Å²) in [5.41, 5.74) is 2.30. The first-order valence-corrected chi connectivity index (χ1v) is 6.45. The van der Waals surface area contributed by atoms with E-state index >= 15 is 0 Å². The van der Waals surface area contributed by atoms with Gasteiger partial charge in [0.15, 0.2) is 5.13 Å². The molecule has 2 aromatic rings. The van der Waals surface area contributed by atoms with E-state index in [1.165, 1.54) is 16.9 Å². The number of nitrogens with zero attached hydrogens (tertiary/aromatic N) is 3. The Morgan fingerprint density at radius 1 is 1.50 bits per heavy atom. The second-order valence-corrected chi connectivity index (χ2v) is 5.08. The van der Waals surface area contributed by atoms with Crippen LogP contribution in [0.5, 0.6) is 5.75 Å². The van der Waals surface area contributed by atoms with Gasteiger partial charge in [-0.15, -0.1) is 0 Å². The molecule has 5 heteroatoms. The van der Waals surface area contributed by atoms with Gasteiger partial charge in [-0.25, -0.2) is 4.98 Å². The van der Waals surface area contributed by atoms with Crippen LogP contribution in [0.3, 0.4) is 0 Å². The molecule has 1 aliphatic heterocycles. The first kappa shape index (κ1) is 11.1. The molecule has 1 aliphatic rings. The van der Waals surface area contributed by atoms with E-state index in [0.717, 1.165) is 29.6 Å². The van der Waals surface area contributed by atoms with Crippen LogP contribution in [-0.4, -0.2) is 18.6 Å². The first-order valence-electron chi connectivity index (χ1n) is 5.63. The van der Waals surface area contributed by atoms with Crippen molar-refractivity contribution >= 4 is 22.2 Å². The third-order valence-corrected chi connectivity index (χ3v) is 3.93. The van der Waals surface area contributed by atoms with Crippen molar-refractivity contribution in [2.45, 2.75) is 6.42 Å². The number of benzene rings is 1. The van der Waals surface area contributed by atoms with Crippen LogP contribution in [0.1, 0.15) is 10.4 Å². The summed E-state index contributed by atoms with van der Waals surface area (Å²) < 4.78 is 5.49. The van der Waals surface area contributed by atoms with E-state index in [1.807, 2.05) is 24.1 Å². The Labute approximate surface area is 109 Å². The lowest BCUT2D eigenvalue weighted by molar-refractivity contribution is 0.357. The van der Waals surface area contributed by atoms with Gasteiger partial charge in [0, 0.05) is 19.2 Å². The van der Waals surface area contributed by atoms with E-state index in [0.29, 0.717) is 4.88 Å². The highest BCUT2D eigenvalue weighted by atomic mass is 32.1. The third kappa shape index (κ3) is 1.81. The highest BCUT2D eigenvalue weighted by molar-refractivity contribution is 7.16. The van der Waals surface area contributed by atoms with Gasteiger partial charge in [-0.2, -0.15) is 5.26 Å². The molecule has 0 spiro atoms. The number of rotatable bonds is 2. The average Bonchev–Trinajstić information content (AvgIpc) is 3.05. The largest absolute Gasteiger partial charge is 0.493 e. The van der Waals surface area contributed by atoms with Gasteiger partial charge < -0.3 is 9.64 Å². The summed E-state index contributed by atoms with van der Waals surface area (Å²) in [4.78, 5) is 6.86. The van der Waals surface area contributed by atoms with E-state index in [4.69, 9.17) is 10.00 Å². The van der Waals surface area contributed by atoms with Gasteiger partial charge in [0.05, 0.1) is 12.8 Å². The maximum atomic E-state index is 8.82. The Morgan fingerprint density at radius 3 is 3.17 bits per heavy atom. The van der Waals surface area contributed by atoms with Crippen LogP contribution in [0.25, 0.3) is 0 Å². The Kier molecular flexibility index (Phi) is 2.65. The van der Waals surface area contributed by atoms with Crippen LogP contribution < -0.4 is 9.64 Å². The lowest BCUT2D eigenvalue weighted by Crippen LogP contribution is -2.08. The van der Waals surface area contributed by atoms with Crippen molar-refractivity contribution in [2.75, 3.05) is 18.6 Å². The van der Waals surface area contributed by atoms with Gasteiger partial charge in [0.1, 0.15) is 16.7 Å². The van der Waals surface area contributed by atoms with Crippen molar-refractivity contribution in [2.24, 2.45) is 0 Å². The van der Waals surface area contributed by atoms with Crippen LogP contribution >= 0.6 is 11.3 Å². The monoisotopic (exact) mass is 257 g/mol. The molecule has 0 bridgehead atoms. The fraction of sp³-hybridized carbons (Fsp3) is 0.231. The molecule has 0 saturated heterocycles. The molecule has 1 aromatic carbocycles. The van der Waals surface area contributed by atoms with Gasteiger partial charge in [-0.05, 0) is 23.8 Å². The van der Waals surface area contributed by atoms with Crippen molar-refractivity contribution < 1.29 is 4.74 Å². The molecule has 3 rings (SSSR count). The fourth-order valence-corrected chi connectivity index (χ4v) is 2.66. The van der Waals surface area contributed by atoms with E-state index in [-0.39, 0.29) is 0 Å². The lowest BCUT2D eigenvalue weighted by Gasteiger charge is -2.16. The molecule has 0 radical (unpaired) electrons. The molecule has 4 nitrogen and oxygen atoms in total. The summed E-state index contributed by atoms with van der Waals surface area (Å²) >= 11 is 1.39. The Morgan fingerprint density at radius 2 is 2.39 bits per heavy atom. The maximum Gasteiger partial charge on any atom is 0.190 e. The Hall–Kier alpha value is -2.06. The zero-order valence-electron chi connectivity index (χ0n) is 9.88. The number of anilines is 2. The average molecular weight is 257 g/mol. The van der Waals surface area contributed by atoms with Gasteiger partial charge in [-0.1, -0.05) is 11.3 Å². The summed E-state index contributed by atoms with van der Waals surface area (Å²) in [6.07, 6.45) is 2.56. The summed E-state index contributed by atoms with van der Waals surface area (Å²) in [6, 6.07) is 8.23. The smallest absolute Gasteiger partial charge is 0.190 e. The van der Waals surface area contributed by atoms with Crippen LogP contribution in [0.4, 0.5) is 10.8 Å². The lowest BCUT2D eigenvalue weighted by atomic mass is 10.1. The van der Waals surface area contributed by atoms with E-state index in [1.54, 1.807) is 6.20 Å². The van der Waals surface area contributed by atoms with Crippen LogP contribution in [0, 0.1) is 11.3 Å². The predicted molar refractivity (Wildman–Crippen MR) is 70.5 cm³/mol. The number of hydrogen-bond acceptors (Lipinski definition) is 5. The minimum absolute atomic E-state index is 0.626. The Balaban J connectivity index is 1.92. The van der Waals surface area contributed by atoms with Crippen molar-refractivity contribution in [3.8, 4) is 11.8 Å². The Bertz CT molecular complexity index is 629. The van der Waals surface area contributed by atoms with Crippen LogP contribution in [-0.2, 0) is 6.42 Å². The fourth-order valence-electron chi connectivity index (χ4n) is 1.96. The molecule has 0 saturated carbocycles. The van der Waals surface area contributed by atoms with Gasteiger partial charge >= 0.3 is 0 Å². The van der Waals surface area contributed by atoms with Crippen molar-refractivity contribution in [1.82, 2.24) is 4.98 Å². The number of fused-ring (bicyclic) bond motifs is 1. The minimum atomic E-state index is 0.626. The summed E-state index contributed by atoms with van der Waals surface area (Å²) in [5.74, 6) is 0.976. The van der Waals surface area contributed by atoms with Crippen LogP contribution in [0.2, 0.25) is 0 Å². The zero-order chi connectivity index (χ0) is 12.5. The molecule has 2 heterocycles. The minimum Gasteiger partial charge on any atom is -0.493 e. The molecule has 90 valence electrons. The van der Waals surface area contributed by atoms with E-state index < -0.39 is 0 Å². The SMILES string of the molecule is CN(c1ccc2c(c1)CCO2)c1ncc(C#N)s1. The highest BCUT2D eigenvalue weighted by Gasteiger charge is 2.15. The van der Waals surface area contributed by atoms with Gasteiger partial charge in [-0.3, -0.25) is 0 Å². The molecule has 0 aliphatic carbocycles. The number of aromatic nitrogens is 1. The van der Waals surface area contributed by atoms with Crippen LogP contribution in [0.15, 0.2) is 24.4 Å². The molecule has 0 N–H and O–H groups in total. The third-order valence-electron chi connectivity index (χ3n) is 2.95. The topological polar surface area (TPSA) is 49.1 Å². The first-order chi connectivity index (χ1) is 8.78. The molecular weight excluding hydrogens is 246 g/mol. The predicted octanol–water partition coefficient (Wildman–Crippen LogP) is 2.72. The molecule has 18 heavy (non-hydrogen) atoms. The normalized spacial score (nSPS) is 12.7. The summed E-state index contributed by atoms with van der Waals surface area (Å²) in [5, 5.41) is 9.64. The number of thiazole rings is 1. The molecule has 1 aromatic heterocycles. The van der Waals surface area contributed by atoms with E-state index in [9.17, 15) is 0 Å². The highest BCUT2D eigenvalue weighted by Crippen LogP contribution is 2.33. The number of hydrogen-bond donors (Lipinski definition) is 0. The zero-order valence-corrected chi connectivity index (χ0v) is 10.7. The van der Waals surface area contributed by atoms with Gasteiger partial charge in [0.25, 0.3) is 0 Å². The summed E-state index contributed by atoms with van der Waals surface area (Å²) in [6.45, 7) is 0.762. The molecule has 0 atom stereocenters. The van der Waals surface area contributed by atoms with Crippen molar-refractivity contribution in [3.63, 3.8) is 0 Å². The molecule has 0 unspecified atom stereocenters. The molecule has 0 fully saturated rings.